The zero-order valence-corrected chi connectivity index (χ0v) is 12.3. The van der Waals surface area contributed by atoms with E-state index in [1.807, 2.05) is 28.8 Å². The van der Waals surface area contributed by atoms with Crippen LogP contribution in [0.1, 0.15) is 10.5 Å². The van der Waals surface area contributed by atoms with Crippen molar-refractivity contribution >= 4 is 27.9 Å². The van der Waals surface area contributed by atoms with E-state index in [0.717, 1.165) is 16.6 Å². The quantitative estimate of drug-likeness (QED) is 0.416. The summed E-state index contributed by atoms with van der Waals surface area (Å²) in [5.41, 5.74) is 3.35. The molecule has 0 radical (unpaired) electrons. The van der Waals surface area contributed by atoms with Crippen LogP contribution in [0.15, 0.2) is 41.3 Å². The molecule has 3 aromatic rings. The molecule has 3 heterocycles. The van der Waals surface area contributed by atoms with Crippen molar-refractivity contribution in [2.45, 2.75) is 0 Å². The number of carbonyl (C=O) groups is 1. The summed E-state index contributed by atoms with van der Waals surface area (Å²) in [6, 6.07) is 5.60. The fourth-order valence-corrected chi connectivity index (χ4v) is 2.10. The number of nitrogens with one attached hydrogen (secondary N) is 1. The van der Waals surface area contributed by atoms with Gasteiger partial charge in [-0.1, -0.05) is 15.9 Å². The number of pyridine rings is 1. The Morgan fingerprint density at radius 2 is 2.20 bits per heavy atom. The Labute approximate surface area is 123 Å². The maximum absolute atomic E-state index is 10.7. The molecule has 3 aromatic heterocycles. The first-order valence-electron chi connectivity index (χ1n) is 5.70. The summed E-state index contributed by atoms with van der Waals surface area (Å²) in [6.45, 7) is 0. The molecule has 0 fully saturated rings. The summed E-state index contributed by atoms with van der Waals surface area (Å²) in [7, 11) is 1.65. The van der Waals surface area contributed by atoms with Gasteiger partial charge in [-0.3, -0.25) is 20.5 Å². The zero-order valence-electron chi connectivity index (χ0n) is 10.7. The van der Waals surface area contributed by atoms with Crippen LogP contribution >= 0.6 is 15.9 Å². The maximum Gasteiger partial charge on any atom is 0.170 e. The van der Waals surface area contributed by atoms with Crippen LogP contribution in [0, 0.1) is 0 Å². The third-order valence-corrected chi connectivity index (χ3v) is 2.85. The van der Waals surface area contributed by atoms with Gasteiger partial charge in [-0.25, -0.2) is 9.67 Å². The maximum atomic E-state index is 10.7. The van der Waals surface area contributed by atoms with Crippen LogP contribution in [0.4, 0.5) is 0 Å². The number of hydrogen-bond donors (Lipinski definition) is 2. The van der Waals surface area contributed by atoms with Gasteiger partial charge in [0, 0.05) is 23.1 Å². The standard InChI is InChI=1S/C11H7BrN4O.CH6N2/c12-8-4-10-14-9(7-17)6-15(10)11(5-8)16-3-1-2-13-16;1-3-2/h1-7H;3H,2H2,1H3. The van der Waals surface area contributed by atoms with Crippen molar-refractivity contribution < 1.29 is 4.79 Å². The molecule has 0 unspecified atom stereocenters. The van der Waals surface area contributed by atoms with E-state index in [0.29, 0.717) is 11.3 Å². The molecular formula is C12H13BrN6O. The van der Waals surface area contributed by atoms with Gasteiger partial charge < -0.3 is 0 Å². The lowest BCUT2D eigenvalue weighted by molar-refractivity contribution is 0.111. The normalized spacial score (nSPS) is 10.2. The van der Waals surface area contributed by atoms with Gasteiger partial charge in [0.05, 0.1) is 0 Å². The van der Waals surface area contributed by atoms with E-state index in [1.165, 1.54) is 0 Å². The van der Waals surface area contributed by atoms with E-state index in [2.05, 4.69) is 37.3 Å². The first kappa shape index (κ1) is 14.4. The number of imidazole rings is 1. The molecule has 0 aliphatic carbocycles. The molecule has 0 saturated carbocycles. The predicted molar refractivity (Wildman–Crippen MR) is 78.6 cm³/mol. The molecule has 0 amide bonds. The van der Waals surface area contributed by atoms with Gasteiger partial charge in [-0.15, -0.1) is 0 Å². The highest BCUT2D eigenvalue weighted by Crippen LogP contribution is 2.19. The van der Waals surface area contributed by atoms with Crippen molar-refractivity contribution in [1.29, 1.82) is 0 Å². The Kier molecular flexibility index (Phi) is 4.61. The zero-order chi connectivity index (χ0) is 14.5. The summed E-state index contributed by atoms with van der Waals surface area (Å²) in [4.78, 5) is 14.9. The molecule has 0 spiro atoms. The van der Waals surface area contributed by atoms with Crippen molar-refractivity contribution in [3.05, 3.63) is 47.0 Å². The molecular weight excluding hydrogens is 324 g/mol. The number of nitrogens with zero attached hydrogens (tertiary/aromatic N) is 4. The fourth-order valence-electron chi connectivity index (χ4n) is 1.69. The van der Waals surface area contributed by atoms with E-state index in [9.17, 15) is 4.79 Å². The van der Waals surface area contributed by atoms with E-state index in [1.54, 1.807) is 24.1 Å². The number of nitrogens with two attached hydrogens (primary N) is 1. The topological polar surface area (TPSA) is 90.2 Å². The monoisotopic (exact) mass is 336 g/mol. The molecule has 0 aliphatic rings. The second kappa shape index (κ2) is 6.42. The first-order chi connectivity index (χ1) is 9.69. The Hall–Kier alpha value is -2.03. The molecule has 0 saturated heterocycles. The van der Waals surface area contributed by atoms with Gasteiger partial charge in [0.1, 0.15) is 17.2 Å². The largest absolute Gasteiger partial charge is 0.296 e. The van der Waals surface area contributed by atoms with Crippen LogP contribution in [-0.4, -0.2) is 32.5 Å². The summed E-state index contributed by atoms with van der Waals surface area (Å²) in [5.74, 6) is 5.42. The van der Waals surface area contributed by atoms with Gasteiger partial charge in [-0.05, 0) is 25.2 Å². The van der Waals surface area contributed by atoms with E-state index in [-0.39, 0.29) is 0 Å². The molecule has 0 atom stereocenters. The number of rotatable bonds is 2. The summed E-state index contributed by atoms with van der Waals surface area (Å²) in [5, 5.41) is 4.17. The molecule has 0 aromatic carbocycles. The number of aldehydes is 1. The first-order valence-corrected chi connectivity index (χ1v) is 6.50. The number of fused-ring (bicyclic) bond motifs is 1. The van der Waals surface area contributed by atoms with Crippen LogP contribution in [0.3, 0.4) is 0 Å². The second-order valence-electron chi connectivity index (χ2n) is 3.78. The van der Waals surface area contributed by atoms with Crippen molar-refractivity contribution in [3.63, 3.8) is 0 Å². The lowest BCUT2D eigenvalue weighted by Crippen LogP contribution is -2.13. The highest BCUT2D eigenvalue weighted by Gasteiger charge is 2.08. The molecule has 0 bridgehead atoms. The van der Waals surface area contributed by atoms with Crippen molar-refractivity contribution in [2.75, 3.05) is 7.05 Å². The van der Waals surface area contributed by atoms with Gasteiger partial charge in [0.15, 0.2) is 6.29 Å². The highest BCUT2D eigenvalue weighted by molar-refractivity contribution is 9.10. The van der Waals surface area contributed by atoms with Gasteiger partial charge in [0.2, 0.25) is 0 Å². The molecule has 0 aliphatic heterocycles. The average Bonchev–Trinajstić information content (AvgIpc) is 3.07. The fraction of sp³-hybridized carbons (Fsp3) is 0.0833. The van der Waals surface area contributed by atoms with Crippen LogP contribution < -0.4 is 11.3 Å². The van der Waals surface area contributed by atoms with Gasteiger partial charge in [-0.2, -0.15) is 5.10 Å². The number of halogens is 1. The summed E-state index contributed by atoms with van der Waals surface area (Å²) >= 11 is 3.42. The van der Waals surface area contributed by atoms with Crippen LogP contribution in [0.25, 0.3) is 11.5 Å². The molecule has 8 heteroatoms. The lowest BCUT2D eigenvalue weighted by atomic mass is 10.4. The van der Waals surface area contributed by atoms with Crippen LogP contribution in [0.2, 0.25) is 0 Å². The SMILES string of the molecule is CNN.O=Cc1cn2c(-n3cccn3)cc(Br)cc2n1. The van der Waals surface area contributed by atoms with Gasteiger partial charge >= 0.3 is 0 Å². The predicted octanol–water partition coefficient (Wildman–Crippen LogP) is 1.17. The smallest absolute Gasteiger partial charge is 0.170 e. The average molecular weight is 337 g/mol. The van der Waals surface area contributed by atoms with E-state index in [4.69, 9.17) is 0 Å². The Balaban J connectivity index is 0.000000452. The number of aromatic nitrogens is 4. The lowest BCUT2D eigenvalue weighted by Gasteiger charge is -2.05. The van der Waals surface area contributed by atoms with Crippen molar-refractivity contribution in [2.24, 2.45) is 5.84 Å². The number of hydrogen-bond acceptors (Lipinski definition) is 5. The molecule has 104 valence electrons. The second-order valence-corrected chi connectivity index (χ2v) is 4.70. The molecule has 3 N–H and O–H groups in total. The highest BCUT2D eigenvalue weighted by atomic mass is 79.9. The Morgan fingerprint density at radius 1 is 1.45 bits per heavy atom. The third kappa shape index (κ3) is 2.93. The minimum absolute atomic E-state index is 0.400. The minimum atomic E-state index is 0.400. The van der Waals surface area contributed by atoms with Gasteiger partial charge in [0.25, 0.3) is 0 Å². The summed E-state index contributed by atoms with van der Waals surface area (Å²) < 4.78 is 4.42. The van der Waals surface area contributed by atoms with Crippen LogP contribution in [0.5, 0.6) is 0 Å². The van der Waals surface area contributed by atoms with Crippen LogP contribution in [-0.2, 0) is 0 Å². The third-order valence-electron chi connectivity index (χ3n) is 2.39. The molecule has 20 heavy (non-hydrogen) atoms. The molecule has 3 rings (SSSR count). The summed E-state index contributed by atoms with van der Waals surface area (Å²) in [6.07, 6.45) is 5.95. The minimum Gasteiger partial charge on any atom is -0.296 e. The number of hydrazine groups is 1. The van der Waals surface area contributed by atoms with Crippen molar-refractivity contribution in [1.82, 2.24) is 24.6 Å². The van der Waals surface area contributed by atoms with E-state index >= 15 is 0 Å². The Bertz CT molecular complexity index is 706. The molecule has 7 nitrogen and oxygen atoms in total. The van der Waals surface area contributed by atoms with E-state index < -0.39 is 0 Å². The Morgan fingerprint density at radius 3 is 2.80 bits per heavy atom. The number of carbonyl (C=O) groups excluding carboxylic acids is 1. The van der Waals surface area contributed by atoms with Crippen molar-refractivity contribution in [3.8, 4) is 5.82 Å².